The van der Waals surface area contributed by atoms with Gasteiger partial charge in [0.2, 0.25) is 18.0 Å². The lowest BCUT2D eigenvalue weighted by Gasteiger charge is -2.30. The first-order valence-corrected chi connectivity index (χ1v) is 21.6. The quantitative estimate of drug-likeness (QED) is 0.0746. The molecule has 3 aromatic carbocycles. The summed E-state index contributed by atoms with van der Waals surface area (Å²) in [5.74, 6) is 1.09. The third-order valence-electron chi connectivity index (χ3n) is 12.6. The number of nitrogens with zero attached hydrogens (tertiary/aromatic N) is 5. The molecule has 6 heterocycles. The first-order chi connectivity index (χ1) is 30.4. The molecule has 9 rings (SSSR count). The second-order valence-corrected chi connectivity index (χ2v) is 17.4. The fourth-order valence-electron chi connectivity index (χ4n) is 9.46. The van der Waals surface area contributed by atoms with Crippen LogP contribution in [0.3, 0.4) is 0 Å². The standard InChI is InChI=1S/C47H51N9O7/c1-25(2)39(52-46(59)60)43(57)54-18-8-12-35(54)41-48-23-32(50-41)28-15-17-34-30(20-28)21-37-31-16-14-29(22-38(31)63-45(56(34)37)27-10-6-5-7-11-27)33-24-49-42(51-33)36-13-9-19-55(36)44(58)40(26(3)4)53-47(61)62/h5-7,10-11,14-17,20-26,35-36,39-40,45,52-53H,8-9,12-13,18-19H2,1-4H3,(H,48,50)(H,49,51)(H,59,60)(H,61,62)/t35-,36-,39-,40-,45-/m0/s1. The van der Waals surface area contributed by atoms with Crippen LogP contribution in [0.4, 0.5) is 9.59 Å². The van der Waals surface area contributed by atoms with Gasteiger partial charge in [-0.2, -0.15) is 0 Å². The van der Waals surface area contributed by atoms with Crippen LogP contribution in [0.15, 0.2) is 85.2 Å². The van der Waals surface area contributed by atoms with Crippen molar-refractivity contribution in [2.75, 3.05) is 13.1 Å². The van der Waals surface area contributed by atoms with Crippen LogP contribution in [-0.4, -0.2) is 93.7 Å². The highest BCUT2D eigenvalue weighted by Gasteiger charge is 2.39. The van der Waals surface area contributed by atoms with E-state index >= 15 is 0 Å². The van der Waals surface area contributed by atoms with Gasteiger partial charge in [0.25, 0.3) is 0 Å². The Morgan fingerprint density at radius 1 is 0.714 bits per heavy atom. The first-order valence-electron chi connectivity index (χ1n) is 21.6. The maximum Gasteiger partial charge on any atom is 0.405 e. The molecule has 16 nitrogen and oxygen atoms in total. The minimum absolute atomic E-state index is 0.212. The van der Waals surface area contributed by atoms with Crippen LogP contribution in [0.5, 0.6) is 5.75 Å². The maximum atomic E-state index is 13.6. The molecule has 0 radical (unpaired) electrons. The van der Waals surface area contributed by atoms with Gasteiger partial charge in [-0.1, -0.05) is 70.2 Å². The number of carbonyl (C=O) groups excluding carboxylic acids is 2. The normalized spacial score (nSPS) is 19.2. The summed E-state index contributed by atoms with van der Waals surface area (Å²) in [6.07, 6.45) is 3.65. The number of aromatic nitrogens is 5. The number of ether oxygens (including phenoxy) is 1. The summed E-state index contributed by atoms with van der Waals surface area (Å²) in [6.45, 7) is 8.36. The van der Waals surface area contributed by atoms with Gasteiger partial charge in [0.15, 0.2) is 0 Å². The van der Waals surface area contributed by atoms with Crippen LogP contribution in [0.2, 0.25) is 0 Å². The number of imidazole rings is 2. The number of hydrogen-bond donors (Lipinski definition) is 6. The van der Waals surface area contributed by atoms with E-state index in [1.165, 1.54) is 0 Å². The molecule has 0 saturated carbocycles. The van der Waals surface area contributed by atoms with Crippen molar-refractivity contribution in [3.05, 3.63) is 102 Å². The van der Waals surface area contributed by atoms with Crippen LogP contribution in [0.25, 0.3) is 44.7 Å². The van der Waals surface area contributed by atoms with Gasteiger partial charge in [-0.05, 0) is 67.9 Å². The molecule has 16 heteroatoms. The molecule has 0 unspecified atom stereocenters. The molecule has 0 bridgehead atoms. The highest BCUT2D eigenvalue weighted by atomic mass is 16.5. The fraction of sp³-hybridized carbons (Fsp3) is 0.362. The van der Waals surface area contributed by atoms with Crippen molar-refractivity contribution in [3.8, 4) is 39.5 Å². The number of H-pyrrole nitrogens is 2. The molecule has 3 aliphatic rings. The molecule has 2 saturated heterocycles. The Kier molecular flexibility index (Phi) is 10.9. The van der Waals surface area contributed by atoms with E-state index < -0.39 is 30.5 Å². The zero-order valence-electron chi connectivity index (χ0n) is 35.5. The summed E-state index contributed by atoms with van der Waals surface area (Å²) in [5.41, 5.74) is 7.25. The van der Waals surface area contributed by atoms with Gasteiger partial charge in [-0.25, -0.2) is 19.6 Å². The van der Waals surface area contributed by atoms with Crippen molar-refractivity contribution < 1.29 is 34.1 Å². The summed E-state index contributed by atoms with van der Waals surface area (Å²) in [7, 11) is 0. The summed E-state index contributed by atoms with van der Waals surface area (Å²) < 4.78 is 9.12. The topological polar surface area (TPSA) is 211 Å². The van der Waals surface area contributed by atoms with E-state index in [1.54, 1.807) is 22.2 Å². The molecule has 3 aliphatic heterocycles. The molecule has 4 amide bonds. The largest absolute Gasteiger partial charge is 0.465 e. The molecular weight excluding hydrogens is 803 g/mol. The third kappa shape index (κ3) is 7.74. The second kappa shape index (κ2) is 16.6. The Labute approximate surface area is 363 Å². The SMILES string of the molecule is CC(C)[C@H](NC(=O)O)C(=O)N1CCC[C@H]1c1ncc(-c2ccc3c(c2)O[C@@H](c2ccccc2)n2c-3cc3cc(-c4cnc([C@@H]5CCCN5C(=O)[C@@H](NC(=O)O)C(C)C)[nH]4)ccc32)[nH]1. The second-order valence-electron chi connectivity index (χ2n) is 17.4. The number of nitrogens with one attached hydrogen (secondary N) is 4. The van der Waals surface area contributed by atoms with Gasteiger partial charge in [0.05, 0.1) is 47.1 Å². The highest BCUT2D eigenvalue weighted by Crippen LogP contribution is 2.46. The predicted molar refractivity (Wildman–Crippen MR) is 235 cm³/mol. The summed E-state index contributed by atoms with van der Waals surface area (Å²) in [4.78, 5) is 70.1. The number of amides is 4. The minimum Gasteiger partial charge on any atom is -0.465 e. The zero-order valence-corrected chi connectivity index (χ0v) is 35.5. The maximum absolute atomic E-state index is 13.6. The van der Waals surface area contributed by atoms with Gasteiger partial charge in [0, 0.05) is 40.7 Å². The number of carboxylic acid groups (broad SMARTS) is 2. The molecule has 2 fully saturated rings. The number of hydrogen-bond acceptors (Lipinski definition) is 7. The van der Waals surface area contributed by atoms with Crippen LogP contribution < -0.4 is 15.4 Å². The lowest BCUT2D eigenvalue weighted by molar-refractivity contribution is -0.136. The number of aromatic amines is 2. The van der Waals surface area contributed by atoms with Crippen molar-refractivity contribution in [2.45, 2.75) is 83.8 Å². The molecule has 6 aromatic rings. The molecule has 6 N–H and O–H groups in total. The van der Waals surface area contributed by atoms with E-state index in [4.69, 9.17) is 14.7 Å². The van der Waals surface area contributed by atoms with E-state index in [-0.39, 0.29) is 35.7 Å². The number of fused-ring (bicyclic) bond motifs is 5. The van der Waals surface area contributed by atoms with E-state index in [2.05, 4.69) is 67.6 Å². The van der Waals surface area contributed by atoms with Gasteiger partial charge in [-0.3, -0.25) is 9.59 Å². The molecule has 0 aliphatic carbocycles. The Bertz CT molecular complexity index is 2700. The Hall–Kier alpha value is -7.10. The van der Waals surface area contributed by atoms with Gasteiger partial charge >= 0.3 is 12.2 Å². The molecule has 5 atom stereocenters. The number of carbonyl (C=O) groups is 4. The average Bonchev–Trinajstić information content (AvgIpc) is 4.12. The Balaban J connectivity index is 1.01. The number of benzene rings is 3. The molecule has 3 aromatic heterocycles. The van der Waals surface area contributed by atoms with Crippen molar-refractivity contribution in [2.24, 2.45) is 11.8 Å². The van der Waals surface area contributed by atoms with Crippen molar-refractivity contribution in [3.63, 3.8) is 0 Å². The van der Waals surface area contributed by atoms with Crippen LogP contribution in [-0.2, 0) is 9.59 Å². The van der Waals surface area contributed by atoms with Gasteiger partial charge in [-0.15, -0.1) is 0 Å². The lowest BCUT2D eigenvalue weighted by Crippen LogP contribution is -2.50. The first kappa shape index (κ1) is 41.3. The fourth-order valence-corrected chi connectivity index (χ4v) is 9.46. The molecule has 63 heavy (non-hydrogen) atoms. The zero-order chi connectivity index (χ0) is 44.1. The van der Waals surface area contributed by atoms with Gasteiger partial charge < -0.3 is 49.9 Å². The van der Waals surface area contributed by atoms with Gasteiger partial charge in [0.1, 0.15) is 29.5 Å². The van der Waals surface area contributed by atoms with Crippen molar-refractivity contribution >= 4 is 34.9 Å². The highest BCUT2D eigenvalue weighted by molar-refractivity contribution is 5.93. The molecule has 0 spiro atoms. The summed E-state index contributed by atoms with van der Waals surface area (Å²) >= 11 is 0. The molecular formula is C47H51N9O7. The third-order valence-corrected chi connectivity index (χ3v) is 12.6. The Morgan fingerprint density at radius 2 is 1.25 bits per heavy atom. The van der Waals surface area contributed by atoms with E-state index in [0.29, 0.717) is 36.9 Å². The predicted octanol–water partition coefficient (Wildman–Crippen LogP) is 7.94. The van der Waals surface area contributed by atoms with E-state index in [1.807, 2.05) is 58.0 Å². The van der Waals surface area contributed by atoms with E-state index in [0.717, 1.165) is 69.5 Å². The monoisotopic (exact) mass is 853 g/mol. The Morgan fingerprint density at radius 3 is 1.79 bits per heavy atom. The smallest absolute Gasteiger partial charge is 0.405 e. The van der Waals surface area contributed by atoms with Crippen LogP contribution in [0, 0.1) is 11.8 Å². The molecule has 326 valence electrons. The van der Waals surface area contributed by atoms with Crippen molar-refractivity contribution in [1.29, 1.82) is 0 Å². The van der Waals surface area contributed by atoms with E-state index in [9.17, 15) is 29.4 Å². The number of rotatable bonds is 11. The minimum atomic E-state index is -1.23. The van der Waals surface area contributed by atoms with Crippen molar-refractivity contribution in [1.82, 2.24) is 44.9 Å². The number of likely N-dealkylation sites (tertiary alicyclic amines) is 2. The van der Waals surface area contributed by atoms with Crippen LogP contribution in [0.1, 0.15) is 88.9 Å². The summed E-state index contributed by atoms with van der Waals surface area (Å²) in [5, 5.41) is 24.6. The average molecular weight is 854 g/mol. The van der Waals surface area contributed by atoms with Crippen LogP contribution >= 0.6 is 0 Å². The lowest BCUT2D eigenvalue weighted by atomic mass is 10.0. The summed E-state index contributed by atoms with van der Waals surface area (Å²) in [6, 6.07) is 22.3.